The SMILES string of the molecule is COCCCN(CCOC)CC1C(N)C(C)(C)OC1(C)C. The third kappa shape index (κ3) is 5.18. The van der Waals surface area contributed by atoms with Crippen molar-refractivity contribution in [1.29, 1.82) is 0 Å². The highest BCUT2D eigenvalue weighted by atomic mass is 16.5. The van der Waals surface area contributed by atoms with Gasteiger partial charge in [-0.2, -0.15) is 0 Å². The number of nitrogens with two attached hydrogens (primary N) is 1. The van der Waals surface area contributed by atoms with E-state index in [4.69, 9.17) is 19.9 Å². The van der Waals surface area contributed by atoms with Crippen LogP contribution < -0.4 is 5.73 Å². The highest BCUT2D eigenvalue weighted by Gasteiger charge is 2.52. The maximum Gasteiger partial charge on any atom is 0.0788 e. The van der Waals surface area contributed by atoms with E-state index in [0.29, 0.717) is 5.92 Å². The Morgan fingerprint density at radius 3 is 2.10 bits per heavy atom. The minimum Gasteiger partial charge on any atom is -0.385 e. The van der Waals surface area contributed by atoms with Gasteiger partial charge in [-0.3, -0.25) is 0 Å². The van der Waals surface area contributed by atoms with E-state index >= 15 is 0 Å². The lowest BCUT2D eigenvalue weighted by Gasteiger charge is -2.33. The van der Waals surface area contributed by atoms with Gasteiger partial charge in [0, 0.05) is 52.4 Å². The number of rotatable bonds is 9. The zero-order valence-electron chi connectivity index (χ0n) is 14.6. The van der Waals surface area contributed by atoms with E-state index in [1.165, 1.54) is 0 Å². The Morgan fingerprint density at radius 2 is 1.62 bits per heavy atom. The summed E-state index contributed by atoms with van der Waals surface area (Å²) in [7, 11) is 3.48. The summed E-state index contributed by atoms with van der Waals surface area (Å²) in [5.41, 5.74) is 5.99. The number of hydrogen-bond donors (Lipinski definition) is 1. The summed E-state index contributed by atoms with van der Waals surface area (Å²) in [4.78, 5) is 2.42. The van der Waals surface area contributed by atoms with Crippen LogP contribution in [0.4, 0.5) is 0 Å². The fourth-order valence-electron chi connectivity index (χ4n) is 3.30. The fraction of sp³-hybridized carbons (Fsp3) is 1.00. The molecule has 0 amide bonds. The van der Waals surface area contributed by atoms with Crippen molar-refractivity contribution in [3.63, 3.8) is 0 Å². The Labute approximate surface area is 130 Å². The monoisotopic (exact) mass is 302 g/mol. The first-order chi connectivity index (χ1) is 9.74. The lowest BCUT2D eigenvalue weighted by atomic mass is 9.82. The van der Waals surface area contributed by atoms with Gasteiger partial charge in [0.05, 0.1) is 17.8 Å². The van der Waals surface area contributed by atoms with E-state index in [1.54, 1.807) is 14.2 Å². The minimum atomic E-state index is -0.270. The Kier molecular flexibility index (Phi) is 7.07. The number of nitrogens with zero attached hydrogens (tertiary/aromatic N) is 1. The van der Waals surface area contributed by atoms with Gasteiger partial charge in [-0.25, -0.2) is 0 Å². The average molecular weight is 302 g/mol. The predicted molar refractivity (Wildman–Crippen MR) is 85.5 cm³/mol. The van der Waals surface area contributed by atoms with E-state index in [-0.39, 0.29) is 17.2 Å². The van der Waals surface area contributed by atoms with Crippen molar-refractivity contribution in [2.24, 2.45) is 11.7 Å². The summed E-state index contributed by atoms with van der Waals surface area (Å²) < 4.78 is 16.6. The molecule has 0 aromatic heterocycles. The molecular weight excluding hydrogens is 268 g/mol. The van der Waals surface area contributed by atoms with Crippen LogP contribution in [0.2, 0.25) is 0 Å². The van der Waals surface area contributed by atoms with E-state index in [2.05, 4.69) is 32.6 Å². The van der Waals surface area contributed by atoms with Crippen molar-refractivity contribution >= 4 is 0 Å². The van der Waals surface area contributed by atoms with Crippen LogP contribution in [-0.2, 0) is 14.2 Å². The molecule has 0 aromatic carbocycles. The standard InChI is InChI=1S/C16H34N2O3/c1-15(2)13(14(17)16(3,4)21-15)12-18(9-11-20-6)8-7-10-19-5/h13-14H,7-12,17H2,1-6H3. The van der Waals surface area contributed by atoms with Crippen LogP contribution in [0.15, 0.2) is 0 Å². The molecule has 21 heavy (non-hydrogen) atoms. The van der Waals surface area contributed by atoms with Gasteiger partial charge in [0.15, 0.2) is 0 Å². The normalized spacial score (nSPS) is 27.4. The maximum atomic E-state index is 6.46. The summed E-state index contributed by atoms with van der Waals surface area (Å²) in [6, 6.07) is 0.0416. The zero-order valence-corrected chi connectivity index (χ0v) is 14.6. The van der Waals surface area contributed by atoms with Gasteiger partial charge < -0.3 is 24.8 Å². The molecule has 126 valence electrons. The molecule has 5 nitrogen and oxygen atoms in total. The Bertz CT molecular complexity index is 308. The van der Waals surface area contributed by atoms with Crippen LogP contribution in [0.25, 0.3) is 0 Å². The number of hydrogen-bond acceptors (Lipinski definition) is 5. The Balaban J connectivity index is 2.67. The van der Waals surface area contributed by atoms with Crippen LogP contribution in [-0.4, -0.2) is 69.2 Å². The molecule has 2 unspecified atom stereocenters. The summed E-state index contributed by atoms with van der Waals surface area (Å²) in [5.74, 6) is 0.312. The molecule has 0 aromatic rings. The second-order valence-electron chi connectivity index (χ2n) is 7.08. The smallest absolute Gasteiger partial charge is 0.0788 e. The van der Waals surface area contributed by atoms with Crippen LogP contribution in [0.5, 0.6) is 0 Å². The van der Waals surface area contributed by atoms with E-state index < -0.39 is 0 Å². The molecule has 0 bridgehead atoms. The second kappa shape index (κ2) is 7.88. The molecule has 0 spiro atoms. The summed E-state index contributed by atoms with van der Waals surface area (Å²) in [6.45, 7) is 12.8. The molecule has 2 N–H and O–H groups in total. The quantitative estimate of drug-likeness (QED) is 0.654. The van der Waals surface area contributed by atoms with Crippen LogP contribution in [0.3, 0.4) is 0 Å². The van der Waals surface area contributed by atoms with Gasteiger partial charge in [-0.15, -0.1) is 0 Å². The van der Waals surface area contributed by atoms with Crippen molar-refractivity contribution in [3.05, 3.63) is 0 Å². The van der Waals surface area contributed by atoms with Gasteiger partial charge >= 0.3 is 0 Å². The summed E-state index contributed by atoms with van der Waals surface area (Å²) in [5, 5.41) is 0. The zero-order chi connectivity index (χ0) is 16.1. The Hall–Kier alpha value is -0.200. The van der Waals surface area contributed by atoms with Crippen LogP contribution in [0.1, 0.15) is 34.1 Å². The molecule has 1 saturated heterocycles. The lowest BCUT2D eigenvalue weighted by molar-refractivity contribution is -0.0787. The topological polar surface area (TPSA) is 57.0 Å². The van der Waals surface area contributed by atoms with Crippen molar-refractivity contribution < 1.29 is 14.2 Å². The first kappa shape index (κ1) is 18.8. The van der Waals surface area contributed by atoms with E-state index in [1.807, 2.05) is 0 Å². The van der Waals surface area contributed by atoms with Crippen molar-refractivity contribution in [2.45, 2.75) is 51.4 Å². The minimum absolute atomic E-state index is 0.0416. The van der Waals surface area contributed by atoms with Gasteiger partial charge in [0.25, 0.3) is 0 Å². The van der Waals surface area contributed by atoms with Crippen LogP contribution in [0, 0.1) is 5.92 Å². The molecule has 2 atom stereocenters. The summed E-state index contributed by atoms with van der Waals surface area (Å²) >= 11 is 0. The molecule has 1 aliphatic heterocycles. The molecule has 1 aliphatic rings. The second-order valence-corrected chi connectivity index (χ2v) is 7.08. The largest absolute Gasteiger partial charge is 0.385 e. The number of methoxy groups -OCH3 is 2. The predicted octanol–water partition coefficient (Wildman–Crippen LogP) is 1.50. The molecule has 1 heterocycles. The number of ether oxygens (including phenoxy) is 3. The molecular formula is C16H34N2O3. The Morgan fingerprint density at radius 1 is 1.00 bits per heavy atom. The van der Waals surface area contributed by atoms with Gasteiger partial charge in [-0.05, 0) is 34.1 Å². The van der Waals surface area contributed by atoms with Crippen molar-refractivity contribution in [1.82, 2.24) is 4.90 Å². The van der Waals surface area contributed by atoms with Crippen molar-refractivity contribution in [3.8, 4) is 0 Å². The average Bonchev–Trinajstić information content (AvgIpc) is 2.53. The van der Waals surface area contributed by atoms with E-state index in [9.17, 15) is 0 Å². The lowest BCUT2D eigenvalue weighted by Crippen LogP contribution is -2.48. The van der Waals surface area contributed by atoms with Gasteiger partial charge in [0.1, 0.15) is 0 Å². The molecule has 0 radical (unpaired) electrons. The maximum absolute atomic E-state index is 6.46. The van der Waals surface area contributed by atoms with Gasteiger partial charge in [-0.1, -0.05) is 0 Å². The van der Waals surface area contributed by atoms with Crippen molar-refractivity contribution in [2.75, 3.05) is 47.1 Å². The molecule has 0 saturated carbocycles. The fourth-order valence-corrected chi connectivity index (χ4v) is 3.30. The molecule has 5 heteroatoms. The van der Waals surface area contributed by atoms with E-state index in [0.717, 1.165) is 39.3 Å². The molecule has 1 fully saturated rings. The molecule has 1 rings (SSSR count). The third-order valence-corrected chi connectivity index (χ3v) is 4.54. The highest BCUT2D eigenvalue weighted by molar-refractivity contribution is 5.04. The van der Waals surface area contributed by atoms with Crippen LogP contribution >= 0.6 is 0 Å². The summed E-state index contributed by atoms with van der Waals surface area (Å²) in [6.07, 6.45) is 1.02. The van der Waals surface area contributed by atoms with Gasteiger partial charge in [0.2, 0.25) is 0 Å². The third-order valence-electron chi connectivity index (χ3n) is 4.54. The molecule has 0 aliphatic carbocycles. The highest BCUT2D eigenvalue weighted by Crippen LogP contribution is 2.41. The first-order valence-corrected chi connectivity index (χ1v) is 7.90. The first-order valence-electron chi connectivity index (χ1n) is 7.90.